The zero-order valence-electron chi connectivity index (χ0n) is 17.1. The summed E-state index contributed by atoms with van der Waals surface area (Å²) in [4.78, 5) is 43.4. The number of carbonyl (C=O) groups excluding carboxylic acids is 1. The van der Waals surface area contributed by atoms with Gasteiger partial charge in [-0.3, -0.25) is 18.7 Å². The van der Waals surface area contributed by atoms with Crippen LogP contribution in [0.4, 0.5) is 5.69 Å². The molecule has 3 heterocycles. The van der Waals surface area contributed by atoms with Gasteiger partial charge in [-0.25, -0.2) is 4.79 Å². The third-order valence-electron chi connectivity index (χ3n) is 5.27. The fourth-order valence-corrected chi connectivity index (χ4v) is 3.91. The Morgan fingerprint density at radius 2 is 2.03 bits per heavy atom. The van der Waals surface area contributed by atoms with E-state index in [4.69, 9.17) is 16.1 Å². The molecule has 162 valence electrons. The van der Waals surface area contributed by atoms with Crippen molar-refractivity contribution in [2.24, 2.45) is 0 Å². The SMILES string of the molecule is CCc1nc(-c2c3n(c(=O)n(CC(=O)Nc4ccccc4Cl)c2=O)CCCCC3)no1. The molecule has 1 amide bonds. The van der Waals surface area contributed by atoms with Gasteiger partial charge < -0.3 is 9.84 Å². The summed E-state index contributed by atoms with van der Waals surface area (Å²) in [6.07, 6.45) is 3.68. The van der Waals surface area contributed by atoms with Crippen molar-refractivity contribution in [3.05, 3.63) is 61.7 Å². The quantitative estimate of drug-likeness (QED) is 0.648. The van der Waals surface area contributed by atoms with Crippen LogP contribution >= 0.6 is 11.6 Å². The van der Waals surface area contributed by atoms with E-state index in [2.05, 4.69) is 15.5 Å². The smallest absolute Gasteiger partial charge is 0.331 e. The fraction of sp³-hybridized carbons (Fsp3) is 0.381. The number of nitrogens with one attached hydrogen (secondary N) is 1. The highest BCUT2D eigenvalue weighted by molar-refractivity contribution is 6.33. The van der Waals surface area contributed by atoms with E-state index in [1.165, 1.54) is 0 Å². The molecule has 4 rings (SSSR count). The molecule has 0 atom stereocenters. The zero-order chi connectivity index (χ0) is 22.0. The van der Waals surface area contributed by atoms with Gasteiger partial charge in [0.15, 0.2) is 0 Å². The monoisotopic (exact) mass is 443 g/mol. The summed E-state index contributed by atoms with van der Waals surface area (Å²) in [5.74, 6) is 0.0125. The Hall–Kier alpha value is -3.20. The lowest BCUT2D eigenvalue weighted by Crippen LogP contribution is -2.44. The van der Waals surface area contributed by atoms with E-state index in [1.54, 1.807) is 28.8 Å². The number of aromatic nitrogens is 4. The minimum absolute atomic E-state index is 0.146. The Bertz CT molecular complexity index is 1240. The van der Waals surface area contributed by atoms with Crippen LogP contribution in [0.5, 0.6) is 0 Å². The summed E-state index contributed by atoms with van der Waals surface area (Å²) in [6, 6.07) is 6.75. The largest absolute Gasteiger partial charge is 0.339 e. The maximum absolute atomic E-state index is 13.3. The molecule has 0 bridgehead atoms. The normalized spacial score (nSPS) is 13.5. The molecule has 31 heavy (non-hydrogen) atoms. The highest BCUT2D eigenvalue weighted by Crippen LogP contribution is 2.22. The second kappa shape index (κ2) is 8.89. The zero-order valence-corrected chi connectivity index (χ0v) is 17.8. The number of rotatable bonds is 5. The van der Waals surface area contributed by atoms with Crippen molar-refractivity contribution in [1.82, 2.24) is 19.3 Å². The van der Waals surface area contributed by atoms with Crippen LogP contribution in [0.2, 0.25) is 5.02 Å². The van der Waals surface area contributed by atoms with Gasteiger partial charge in [0.2, 0.25) is 17.6 Å². The lowest BCUT2D eigenvalue weighted by atomic mass is 10.1. The van der Waals surface area contributed by atoms with E-state index >= 15 is 0 Å². The van der Waals surface area contributed by atoms with Crippen LogP contribution in [0.15, 0.2) is 38.4 Å². The van der Waals surface area contributed by atoms with Crippen molar-refractivity contribution in [2.75, 3.05) is 5.32 Å². The van der Waals surface area contributed by atoms with Crippen molar-refractivity contribution in [2.45, 2.75) is 52.1 Å². The van der Waals surface area contributed by atoms with Crippen molar-refractivity contribution < 1.29 is 9.32 Å². The Morgan fingerprint density at radius 3 is 2.77 bits per heavy atom. The van der Waals surface area contributed by atoms with Crippen LogP contribution in [0.25, 0.3) is 11.4 Å². The number of aryl methyl sites for hydroxylation is 1. The first-order chi connectivity index (χ1) is 15.0. The van der Waals surface area contributed by atoms with E-state index < -0.39 is 23.7 Å². The third kappa shape index (κ3) is 4.18. The topological polar surface area (TPSA) is 112 Å². The Morgan fingerprint density at radius 1 is 1.23 bits per heavy atom. The van der Waals surface area contributed by atoms with Crippen LogP contribution < -0.4 is 16.6 Å². The summed E-state index contributed by atoms with van der Waals surface area (Å²) in [7, 11) is 0. The standard InChI is InChI=1S/C21H22ClN5O4/c1-2-17-24-19(25-31-17)18-15-10-4-3-7-11-26(15)21(30)27(20(18)29)12-16(28)23-14-9-6-5-8-13(14)22/h5-6,8-9H,2-4,7,10-12H2,1H3,(H,23,28). The summed E-state index contributed by atoms with van der Waals surface area (Å²) in [5, 5.41) is 6.97. The second-order valence-corrected chi connectivity index (χ2v) is 7.76. The predicted molar refractivity (Wildman–Crippen MR) is 115 cm³/mol. The molecule has 10 heteroatoms. The van der Waals surface area contributed by atoms with Gasteiger partial charge in [-0.1, -0.05) is 42.2 Å². The van der Waals surface area contributed by atoms with Crippen LogP contribution in [0.3, 0.4) is 0 Å². The predicted octanol–water partition coefficient (Wildman–Crippen LogP) is 2.64. The number of para-hydroxylation sites is 1. The molecule has 1 aliphatic heterocycles. The number of hydrogen-bond acceptors (Lipinski definition) is 6. The molecule has 1 N–H and O–H groups in total. The highest BCUT2D eigenvalue weighted by atomic mass is 35.5. The van der Waals surface area contributed by atoms with Gasteiger partial charge in [-0.2, -0.15) is 4.98 Å². The number of amides is 1. The highest BCUT2D eigenvalue weighted by Gasteiger charge is 2.25. The Labute approximate surface area is 182 Å². The average Bonchev–Trinajstić information content (AvgIpc) is 3.09. The summed E-state index contributed by atoms with van der Waals surface area (Å²) in [5.41, 5.74) is 0.104. The lowest BCUT2D eigenvalue weighted by molar-refractivity contribution is -0.116. The maximum atomic E-state index is 13.3. The summed E-state index contributed by atoms with van der Waals surface area (Å²) >= 11 is 6.09. The first kappa shape index (κ1) is 21.0. The molecule has 0 unspecified atom stereocenters. The fourth-order valence-electron chi connectivity index (χ4n) is 3.73. The molecule has 0 spiro atoms. The number of nitrogens with zero attached hydrogens (tertiary/aromatic N) is 4. The molecule has 1 aromatic carbocycles. The summed E-state index contributed by atoms with van der Waals surface area (Å²) < 4.78 is 7.69. The maximum Gasteiger partial charge on any atom is 0.331 e. The molecule has 0 aliphatic carbocycles. The number of benzene rings is 1. The van der Waals surface area contributed by atoms with Crippen molar-refractivity contribution >= 4 is 23.2 Å². The molecule has 0 radical (unpaired) electrons. The van der Waals surface area contributed by atoms with Gasteiger partial charge in [0.05, 0.1) is 10.7 Å². The van der Waals surface area contributed by atoms with Gasteiger partial charge >= 0.3 is 5.69 Å². The van der Waals surface area contributed by atoms with Crippen LogP contribution in [-0.4, -0.2) is 25.2 Å². The molecule has 0 saturated carbocycles. The first-order valence-electron chi connectivity index (χ1n) is 10.2. The molecule has 0 saturated heterocycles. The van der Waals surface area contributed by atoms with Crippen LogP contribution in [-0.2, 0) is 30.7 Å². The number of carbonyl (C=O) groups is 1. The van der Waals surface area contributed by atoms with Gasteiger partial charge in [0.1, 0.15) is 12.1 Å². The van der Waals surface area contributed by atoms with E-state index in [1.807, 2.05) is 6.92 Å². The van der Waals surface area contributed by atoms with Gasteiger partial charge in [0, 0.05) is 18.7 Å². The molecule has 2 aromatic heterocycles. The summed E-state index contributed by atoms with van der Waals surface area (Å²) in [6.45, 7) is 1.88. The van der Waals surface area contributed by atoms with E-state index in [0.29, 0.717) is 41.7 Å². The van der Waals surface area contributed by atoms with Gasteiger partial charge in [-0.05, 0) is 31.4 Å². The average molecular weight is 444 g/mol. The van der Waals surface area contributed by atoms with Crippen LogP contribution in [0, 0.1) is 0 Å². The molecular weight excluding hydrogens is 422 g/mol. The minimum Gasteiger partial charge on any atom is -0.339 e. The third-order valence-corrected chi connectivity index (χ3v) is 5.60. The molecular formula is C21H22ClN5O4. The first-order valence-corrected chi connectivity index (χ1v) is 10.6. The molecule has 9 nitrogen and oxygen atoms in total. The van der Waals surface area contributed by atoms with Gasteiger partial charge in [0.25, 0.3) is 5.56 Å². The Balaban J connectivity index is 1.79. The van der Waals surface area contributed by atoms with Crippen molar-refractivity contribution in [3.63, 3.8) is 0 Å². The van der Waals surface area contributed by atoms with E-state index in [-0.39, 0.29) is 11.4 Å². The molecule has 3 aromatic rings. The van der Waals surface area contributed by atoms with Crippen LogP contribution in [0.1, 0.15) is 37.8 Å². The Kier molecular flexibility index (Phi) is 6.03. The van der Waals surface area contributed by atoms with E-state index in [9.17, 15) is 14.4 Å². The minimum atomic E-state index is -0.601. The number of fused-ring (bicyclic) bond motifs is 1. The molecule has 0 fully saturated rings. The van der Waals surface area contributed by atoms with E-state index in [0.717, 1.165) is 23.8 Å². The lowest BCUT2D eigenvalue weighted by Gasteiger charge is -2.16. The van der Waals surface area contributed by atoms with Crippen molar-refractivity contribution in [3.8, 4) is 11.4 Å². The number of halogens is 1. The van der Waals surface area contributed by atoms with Crippen molar-refractivity contribution in [1.29, 1.82) is 0 Å². The van der Waals surface area contributed by atoms with Gasteiger partial charge in [-0.15, -0.1) is 0 Å². The molecule has 1 aliphatic rings. The second-order valence-electron chi connectivity index (χ2n) is 7.35. The number of anilines is 1. The number of hydrogen-bond donors (Lipinski definition) is 1.